The number of hydrogen-bond donors (Lipinski definition) is 0. The molecule has 0 aromatic heterocycles. The standard InChI is InChI=1S/C11H20O3/c1-4-5-6-10(12)7-11(13)14-8-9(2)3/h9H,4-8H2,1-3H3. The lowest BCUT2D eigenvalue weighted by molar-refractivity contribution is -0.147. The molecular formula is C11H20O3. The van der Waals surface area contributed by atoms with Crippen LogP contribution in [-0.2, 0) is 14.3 Å². The molecule has 82 valence electrons. The highest BCUT2D eigenvalue weighted by atomic mass is 16.5. The van der Waals surface area contributed by atoms with Crippen molar-refractivity contribution in [1.82, 2.24) is 0 Å². The van der Waals surface area contributed by atoms with E-state index in [2.05, 4.69) is 0 Å². The van der Waals surface area contributed by atoms with Gasteiger partial charge in [0.15, 0.2) is 0 Å². The molecule has 0 unspecified atom stereocenters. The predicted octanol–water partition coefficient (Wildman–Crippen LogP) is 2.33. The molecule has 0 amide bonds. The molecule has 14 heavy (non-hydrogen) atoms. The zero-order valence-corrected chi connectivity index (χ0v) is 9.34. The molecule has 0 aromatic carbocycles. The van der Waals surface area contributed by atoms with E-state index in [4.69, 9.17) is 4.74 Å². The number of Topliss-reactive ketones (excluding diaryl/α,β-unsaturated/α-hetero) is 1. The van der Waals surface area contributed by atoms with Crippen LogP contribution in [0.3, 0.4) is 0 Å². The maximum absolute atomic E-state index is 11.2. The second kappa shape index (κ2) is 7.54. The van der Waals surface area contributed by atoms with Gasteiger partial charge in [0.05, 0.1) is 6.61 Å². The summed E-state index contributed by atoms with van der Waals surface area (Å²) in [7, 11) is 0. The Kier molecular flexibility index (Phi) is 7.07. The van der Waals surface area contributed by atoms with Crippen LogP contribution in [0.25, 0.3) is 0 Å². The Morgan fingerprint density at radius 2 is 1.93 bits per heavy atom. The quantitative estimate of drug-likeness (QED) is 0.468. The Morgan fingerprint density at radius 1 is 1.29 bits per heavy atom. The number of carbonyl (C=O) groups is 2. The number of carbonyl (C=O) groups excluding carboxylic acids is 2. The van der Waals surface area contributed by atoms with Crippen molar-refractivity contribution in [1.29, 1.82) is 0 Å². The van der Waals surface area contributed by atoms with Gasteiger partial charge in [-0.3, -0.25) is 9.59 Å². The van der Waals surface area contributed by atoms with Gasteiger partial charge in [-0.05, 0) is 12.3 Å². The normalized spacial score (nSPS) is 10.3. The molecule has 0 aromatic rings. The van der Waals surface area contributed by atoms with Gasteiger partial charge in [-0.15, -0.1) is 0 Å². The molecule has 0 rings (SSSR count). The fourth-order valence-electron chi connectivity index (χ4n) is 0.934. The van der Waals surface area contributed by atoms with E-state index in [1.807, 2.05) is 20.8 Å². The summed E-state index contributed by atoms with van der Waals surface area (Å²) in [6.45, 7) is 6.35. The highest BCUT2D eigenvalue weighted by Crippen LogP contribution is 2.01. The molecule has 0 atom stereocenters. The summed E-state index contributed by atoms with van der Waals surface area (Å²) < 4.78 is 4.89. The van der Waals surface area contributed by atoms with Crippen LogP contribution in [0.2, 0.25) is 0 Å². The number of ether oxygens (including phenoxy) is 1. The van der Waals surface area contributed by atoms with Crippen LogP contribution in [-0.4, -0.2) is 18.4 Å². The summed E-state index contributed by atoms with van der Waals surface area (Å²) in [6.07, 6.45) is 2.27. The summed E-state index contributed by atoms with van der Waals surface area (Å²) >= 11 is 0. The molecule has 0 aliphatic carbocycles. The molecule has 3 nitrogen and oxygen atoms in total. The molecule has 0 heterocycles. The lowest BCUT2D eigenvalue weighted by Gasteiger charge is -2.06. The predicted molar refractivity (Wildman–Crippen MR) is 54.9 cm³/mol. The molecule has 0 aliphatic rings. The molecule has 0 bridgehead atoms. The number of unbranched alkanes of at least 4 members (excludes halogenated alkanes) is 1. The molecule has 0 aliphatic heterocycles. The van der Waals surface area contributed by atoms with E-state index in [0.29, 0.717) is 18.9 Å². The second-order valence-corrected chi connectivity index (χ2v) is 3.90. The summed E-state index contributed by atoms with van der Waals surface area (Å²) in [6, 6.07) is 0. The molecule has 0 radical (unpaired) electrons. The van der Waals surface area contributed by atoms with Crippen molar-refractivity contribution < 1.29 is 14.3 Å². The first-order chi connectivity index (χ1) is 6.56. The summed E-state index contributed by atoms with van der Waals surface area (Å²) in [5.74, 6) is -0.0786. The molecule has 0 saturated carbocycles. The van der Waals surface area contributed by atoms with Gasteiger partial charge in [0, 0.05) is 6.42 Å². The van der Waals surface area contributed by atoms with Gasteiger partial charge in [-0.1, -0.05) is 27.2 Å². The van der Waals surface area contributed by atoms with E-state index >= 15 is 0 Å². The van der Waals surface area contributed by atoms with E-state index in [1.165, 1.54) is 0 Å². The van der Waals surface area contributed by atoms with Crippen LogP contribution in [0, 0.1) is 5.92 Å². The fourth-order valence-corrected chi connectivity index (χ4v) is 0.934. The Labute approximate surface area is 85.8 Å². The van der Waals surface area contributed by atoms with Crippen molar-refractivity contribution in [3.05, 3.63) is 0 Å². The minimum absolute atomic E-state index is 0.0133. The van der Waals surface area contributed by atoms with Crippen LogP contribution in [0.1, 0.15) is 46.5 Å². The molecule has 0 saturated heterocycles. The van der Waals surface area contributed by atoms with Crippen LogP contribution in [0.5, 0.6) is 0 Å². The van der Waals surface area contributed by atoms with Crippen molar-refractivity contribution in [3.63, 3.8) is 0 Å². The molecular weight excluding hydrogens is 180 g/mol. The summed E-state index contributed by atoms with van der Waals surface area (Å²) in [5, 5.41) is 0. The Balaban J connectivity index is 3.55. The van der Waals surface area contributed by atoms with Crippen LogP contribution in [0.15, 0.2) is 0 Å². The molecule has 3 heteroatoms. The number of ketones is 1. The average Bonchev–Trinajstić information content (AvgIpc) is 2.11. The first-order valence-electron chi connectivity index (χ1n) is 5.23. The maximum atomic E-state index is 11.2. The van der Waals surface area contributed by atoms with Gasteiger partial charge in [0.25, 0.3) is 0 Å². The van der Waals surface area contributed by atoms with Crippen LogP contribution < -0.4 is 0 Å². The van der Waals surface area contributed by atoms with Crippen molar-refractivity contribution in [2.45, 2.75) is 46.5 Å². The van der Waals surface area contributed by atoms with E-state index in [0.717, 1.165) is 12.8 Å². The third kappa shape index (κ3) is 7.77. The zero-order chi connectivity index (χ0) is 11.0. The van der Waals surface area contributed by atoms with Gasteiger partial charge in [0.1, 0.15) is 12.2 Å². The van der Waals surface area contributed by atoms with E-state index in [9.17, 15) is 9.59 Å². The van der Waals surface area contributed by atoms with Gasteiger partial charge < -0.3 is 4.74 Å². The van der Waals surface area contributed by atoms with E-state index < -0.39 is 0 Å². The summed E-state index contributed by atoms with van der Waals surface area (Å²) in [4.78, 5) is 22.2. The Morgan fingerprint density at radius 3 is 2.43 bits per heavy atom. The van der Waals surface area contributed by atoms with Gasteiger partial charge >= 0.3 is 5.97 Å². The first kappa shape index (κ1) is 13.1. The second-order valence-electron chi connectivity index (χ2n) is 3.90. The topological polar surface area (TPSA) is 43.4 Å². The zero-order valence-electron chi connectivity index (χ0n) is 9.34. The molecule has 0 fully saturated rings. The number of rotatable bonds is 7. The van der Waals surface area contributed by atoms with Crippen molar-refractivity contribution in [3.8, 4) is 0 Å². The van der Waals surface area contributed by atoms with E-state index in [1.54, 1.807) is 0 Å². The van der Waals surface area contributed by atoms with Crippen LogP contribution >= 0.6 is 0 Å². The van der Waals surface area contributed by atoms with Crippen molar-refractivity contribution in [2.24, 2.45) is 5.92 Å². The monoisotopic (exact) mass is 200 g/mol. The third-order valence-corrected chi connectivity index (χ3v) is 1.73. The smallest absolute Gasteiger partial charge is 0.313 e. The van der Waals surface area contributed by atoms with Crippen molar-refractivity contribution in [2.75, 3.05) is 6.61 Å². The highest BCUT2D eigenvalue weighted by Gasteiger charge is 2.10. The SMILES string of the molecule is CCCCC(=O)CC(=O)OCC(C)C. The molecule has 0 spiro atoms. The van der Waals surface area contributed by atoms with Crippen LogP contribution in [0.4, 0.5) is 0 Å². The highest BCUT2D eigenvalue weighted by molar-refractivity contribution is 5.95. The summed E-state index contributed by atoms with van der Waals surface area (Å²) in [5.41, 5.74) is 0. The molecule has 0 N–H and O–H groups in total. The Bertz CT molecular complexity index is 185. The largest absolute Gasteiger partial charge is 0.465 e. The van der Waals surface area contributed by atoms with E-state index in [-0.39, 0.29) is 18.2 Å². The van der Waals surface area contributed by atoms with Gasteiger partial charge in [-0.25, -0.2) is 0 Å². The lowest BCUT2D eigenvalue weighted by Crippen LogP contribution is -2.14. The third-order valence-electron chi connectivity index (χ3n) is 1.73. The lowest BCUT2D eigenvalue weighted by atomic mass is 10.1. The fraction of sp³-hybridized carbons (Fsp3) is 0.818. The minimum Gasteiger partial charge on any atom is -0.465 e. The van der Waals surface area contributed by atoms with Gasteiger partial charge in [0.2, 0.25) is 0 Å². The number of hydrogen-bond acceptors (Lipinski definition) is 3. The first-order valence-corrected chi connectivity index (χ1v) is 5.23. The Hall–Kier alpha value is -0.860. The van der Waals surface area contributed by atoms with Crippen molar-refractivity contribution >= 4 is 11.8 Å². The maximum Gasteiger partial charge on any atom is 0.313 e. The van der Waals surface area contributed by atoms with Gasteiger partial charge in [-0.2, -0.15) is 0 Å². The average molecular weight is 200 g/mol. The minimum atomic E-state index is -0.389. The number of esters is 1.